The Morgan fingerprint density at radius 1 is 1.58 bits per heavy atom. The fraction of sp³-hybridized carbons (Fsp3) is 0.333. The van der Waals surface area contributed by atoms with Crippen LogP contribution in [0, 0.1) is 0 Å². The van der Waals surface area contributed by atoms with Gasteiger partial charge in [0.15, 0.2) is 0 Å². The van der Waals surface area contributed by atoms with Crippen molar-refractivity contribution in [3.05, 3.63) is 34.2 Å². The molecule has 1 aliphatic heterocycles. The van der Waals surface area contributed by atoms with Crippen LogP contribution < -0.4 is 0 Å². The molecule has 1 aromatic rings. The second kappa shape index (κ2) is 3.29. The topological polar surface area (TPSA) is 29.5 Å². The van der Waals surface area contributed by atoms with Gasteiger partial charge in [-0.25, -0.2) is 0 Å². The van der Waals surface area contributed by atoms with Gasteiger partial charge in [0, 0.05) is 6.42 Å². The maximum atomic E-state index is 9.72. The predicted octanol–water partition coefficient (Wildman–Crippen LogP) is 2.09. The lowest BCUT2D eigenvalue weighted by atomic mass is 10.1. The SMILES string of the molecule is OC(C1=CCCO1)c1ccsc1. The summed E-state index contributed by atoms with van der Waals surface area (Å²) < 4.78 is 5.25. The second-order valence-corrected chi connectivity index (χ2v) is 3.48. The monoisotopic (exact) mass is 182 g/mol. The standard InChI is InChI=1S/C9H10O2S/c10-9(7-3-5-12-6-7)8-2-1-4-11-8/h2-3,5-6,9-10H,1,4H2. The van der Waals surface area contributed by atoms with Crippen LogP contribution in [0.25, 0.3) is 0 Å². The van der Waals surface area contributed by atoms with E-state index < -0.39 is 6.10 Å². The molecular formula is C9H10O2S. The average Bonchev–Trinajstić information content (AvgIpc) is 2.77. The lowest BCUT2D eigenvalue weighted by Gasteiger charge is -2.09. The van der Waals surface area contributed by atoms with Crippen molar-refractivity contribution >= 4 is 11.3 Å². The van der Waals surface area contributed by atoms with Crippen molar-refractivity contribution in [1.29, 1.82) is 0 Å². The molecule has 2 rings (SSSR count). The van der Waals surface area contributed by atoms with Crippen molar-refractivity contribution in [2.75, 3.05) is 6.61 Å². The van der Waals surface area contributed by atoms with Gasteiger partial charge >= 0.3 is 0 Å². The van der Waals surface area contributed by atoms with Crippen LogP contribution in [0.2, 0.25) is 0 Å². The third-order valence-electron chi connectivity index (χ3n) is 1.86. The highest BCUT2D eigenvalue weighted by Crippen LogP contribution is 2.27. The molecule has 2 nitrogen and oxygen atoms in total. The number of ether oxygens (including phenoxy) is 1. The lowest BCUT2D eigenvalue weighted by Crippen LogP contribution is -2.00. The van der Waals surface area contributed by atoms with Gasteiger partial charge in [-0.15, -0.1) is 0 Å². The van der Waals surface area contributed by atoms with E-state index in [-0.39, 0.29) is 0 Å². The van der Waals surface area contributed by atoms with Crippen LogP contribution >= 0.6 is 11.3 Å². The van der Waals surface area contributed by atoms with Gasteiger partial charge in [0.2, 0.25) is 0 Å². The minimum Gasteiger partial charge on any atom is -0.495 e. The summed E-state index contributed by atoms with van der Waals surface area (Å²) in [6, 6.07) is 1.91. The van der Waals surface area contributed by atoms with Crippen molar-refractivity contribution in [1.82, 2.24) is 0 Å². The number of rotatable bonds is 2. The number of aliphatic hydroxyl groups excluding tert-OH is 1. The molecule has 1 unspecified atom stereocenters. The third kappa shape index (κ3) is 1.38. The summed E-state index contributed by atoms with van der Waals surface area (Å²) in [5.74, 6) is 0.702. The summed E-state index contributed by atoms with van der Waals surface area (Å²) in [6.07, 6.45) is 2.30. The second-order valence-electron chi connectivity index (χ2n) is 2.70. The molecule has 0 saturated carbocycles. The Balaban J connectivity index is 2.14. The number of thiophene rings is 1. The van der Waals surface area contributed by atoms with E-state index in [1.165, 1.54) is 0 Å². The van der Waals surface area contributed by atoms with Gasteiger partial charge in [0.25, 0.3) is 0 Å². The molecule has 0 radical (unpaired) electrons. The zero-order chi connectivity index (χ0) is 8.39. The summed E-state index contributed by atoms with van der Waals surface area (Å²) in [4.78, 5) is 0. The molecule has 3 heteroatoms. The maximum absolute atomic E-state index is 9.72. The third-order valence-corrected chi connectivity index (χ3v) is 2.56. The van der Waals surface area contributed by atoms with Crippen molar-refractivity contribution < 1.29 is 9.84 Å². The maximum Gasteiger partial charge on any atom is 0.136 e. The molecule has 1 N–H and O–H groups in total. The first-order valence-electron chi connectivity index (χ1n) is 3.91. The van der Waals surface area contributed by atoms with Crippen LogP contribution in [-0.2, 0) is 4.74 Å². The number of aliphatic hydroxyl groups is 1. The number of hydrogen-bond donors (Lipinski definition) is 1. The smallest absolute Gasteiger partial charge is 0.136 e. The summed E-state index contributed by atoms with van der Waals surface area (Å²) in [5, 5.41) is 13.6. The van der Waals surface area contributed by atoms with Crippen molar-refractivity contribution in [3.63, 3.8) is 0 Å². The molecule has 12 heavy (non-hydrogen) atoms. The Bertz CT molecular complexity index is 277. The Labute approximate surface area is 75.1 Å². The Kier molecular flexibility index (Phi) is 2.15. The van der Waals surface area contributed by atoms with Crippen molar-refractivity contribution in [2.45, 2.75) is 12.5 Å². The quantitative estimate of drug-likeness (QED) is 0.758. The highest BCUT2D eigenvalue weighted by molar-refractivity contribution is 7.07. The lowest BCUT2D eigenvalue weighted by molar-refractivity contribution is 0.119. The van der Waals surface area contributed by atoms with Gasteiger partial charge in [-0.1, -0.05) is 0 Å². The van der Waals surface area contributed by atoms with Crippen LogP contribution in [0.3, 0.4) is 0 Å². The van der Waals surface area contributed by atoms with E-state index in [0.717, 1.165) is 12.0 Å². The molecule has 1 aromatic heterocycles. The van der Waals surface area contributed by atoms with E-state index >= 15 is 0 Å². The molecule has 0 saturated heterocycles. The Hall–Kier alpha value is -0.800. The molecule has 0 aromatic carbocycles. The summed E-state index contributed by atoms with van der Waals surface area (Å²) >= 11 is 1.58. The van der Waals surface area contributed by atoms with Gasteiger partial charge in [-0.05, 0) is 28.5 Å². The van der Waals surface area contributed by atoms with E-state index in [1.54, 1.807) is 11.3 Å². The highest BCUT2D eigenvalue weighted by Gasteiger charge is 2.17. The molecule has 64 valence electrons. The zero-order valence-corrected chi connectivity index (χ0v) is 7.38. The minimum absolute atomic E-state index is 0.557. The first kappa shape index (κ1) is 7.83. The van der Waals surface area contributed by atoms with Gasteiger partial charge < -0.3 is 9.84 Å². The molecule has 0 aliphatic carbocycles. The fourth-order valence-electron chi connectivity index (χ4n) is 1.22. The molecule has 1 atom stereocenters. The van der Waals surface area contributed by atoms with E-state index in [1.807, 2.05) is 22.9 Å². The van der Waals surface area contributed by atoms with Crippen LogP contribution in [-0.4, -0.2) is 11.7 Å². The van der Waals surface area contributed by atoms with Crippen molar-refractivity contribution in [3.8, 4) is 0 Å². The Morgan fingerprint density at radius 3 is 3.08 bits per heavy atom. The molecule has 0 spiro atoms. The number of hydrogen-bond acceptors (Lipinski definition) is 3. The largest absolute Gasteiger partial charge is 0.495 e. The molecule has 2 heterocycles. The van der Waals surface area contributed by atoms with E-state index in [9.17, 15) is 5.11 Å². The molecule has 1 aliphatic rings. The molecular weight excluding hydrogens is 172 g/mol. The predicted molar refractivity (Wildman–Crippen MR) is 47.9 cm³/mol. The summed E-state index contributed by atoms with van der Waals surface area (Å²) in [7, 11) is 0. The molecule has 0 fully saturated rings. The summed E-state index contributed by atoms with van der Waals surface area (Å²) in [5.41, 5.74) is 0.924. The zero-order valence-electron chi connectivity index (χ0n) is 6.56. The first-order chi connectivity index (χ1) is 5.88. The van der Waals surface area contributed by atoms with Crippen LogP contribution in [0.1, 0.15) is 18.1 Å². The van der Waals surface area contributed by atoms with E-state index in [2.05, 4.69) is 0 Å². The normalized spacial score (nSPS) is 18.6. The molecule has 0 amide bonds. The first-order valence-corrected chi connectivity index (χ1v) is 4.85. The van der Waals surface area contributed by atoms with Gasteiger partial charge in [0.05, 0.1) is 6.61 Å². The van der Waals surface area contributed by atoms with Crippen LogP contribution in [0.15, 0.2) is 28.7 Å². The highest BCUT2D eigenvalue weighted by atomic mass is 32.1. The Morgan fingerprint density at radius 2 is 2.50 bits per heavy atom. The van der Waals surface area contributed by atoms with Crippen LogP contribution in [0.5, 0.6) is 0 Å². The molecule has 0 bridgehead atoms. The summed E-state index contributed by atoms with van der Waals surface area (Å²) in [6.45, 7) is 0.705. The van der Waals surface area contributed by atoms with Gasteiger partial charge in [0.1, 0.15) is 11.9 Å². The van der Waals surface area contributed by atoms with E-state index in [0.29, 0.717) is 12.4 Å². The average molecular weight is 182 g/mol. The van der Waals surface area contributed by atoms with Gasteiger partial charge in [-0.2, -0.15) is 11.3 Å². The van der Waals surface area contributed by atoms with Crippen molar-refractivity contribution in [2.24, 2.45) is 0 Å². The van der Waals surface area contributed by atoms with Crippen LogP contribution in [0.4, 0.5) is 0 Å². The minimum atomic E-state index is -0.557. The van der Waals surface area contributed by atoms with Gasteiger partial charge in [-0.3, -0.25) is 0 Å². The fourth-order valence-corrected chi connectivity index (χ4v) is 1.90. The van der Waals surface area contributed by atoms with E-state index in [4.69, 9.17) is 4.74 Å².